The zero-order valence-corrected chi connectivity index (χ0v) is 14.1. The van der Waals surface area contributed by atoms with E-state index in [-0.39, 0.29) is 10.4 Å². The summed E-state index contributed by atoms with van der Waals surface area (Å²) in [7, 11) is -0.427. The second-order valence-corrected chi connectivity index (χ2v) is 7.73. The molecule has 5 nitrogen and oxygen atoms in total. The van der Waals surface area contributed by atoms with Crippen LogP contribution in [0.3, 0.4) is 0 Å². The molecule has 2 rings (SSSR count). The number of ether oxygens (including phenoxy) is 1. The van der Waals surface area contributed by atoms with Gasteiger partial charge in [-0.1, -0.05) is 11.6 Å². The van der Waals surface area contributed by atoms with E-state index < -0.39 is 10.0 Å². The van der Waals surface area contributed by atoms with E-state index in [1.165, 1.54) is 13.2 Å². The largest absolute Gasteiger partial charge is 0.495 e. The molecule has 0 radical (unpaired) electrons. The average molecular weight is 333 g/mol. The molecule has 1 aliphatic rings. The molecule has 0 unspecified atom stereocenters. The predicted molar refractivity (Wildman–Crippen MR) is 83.3 cm³/mol. The van der Waals surface area contributed by atoms with Gasteiger partial charge in [0.1, 0.15) is 10.6 Å². The van der Waals surface area contributed by atoms with E-state index in [2.05, 4.69) is 10.0 Å². The molecule has 0 saturated heterocycles. The molecular weight excluding hydrogens is 312 g/mol. The van der Waals surface area contributed by atoms with Gasteiger partial charge in [0.05, 0.1) is 7.11 Å². The maximum atomic E-state index is 12.7. The minimum Gasteiger partial charge on any atom is -0.495 e. The van der Waals surface area contributed by atoms with Crippen LogP contribution in [0.1, 0.15) is 31.7 Å². The molecule has 0 amide bonds. The van der Waals surface area contributed by atoms with Gasteiger partial charge >= 0.3 is 0 Å². The summed E-state index contributed by atoms with van der Waals surface area (Å²) in [6.07, 6.45) is 2.73. The van der Waals surface area contributed by atoms with E-state index in [1.54, 1.807) is 13.1 Å². The molecule has 1 aromatic carbocycles. The van der Waals surface area contributed by atoms with Crippen molar-refractivity contribution in [3.8, 4) is 5.75 Å². The van der Waals surface area contributed by atoms with Crippen LogP contribution in [-0.4, -0.2) is 28.1 Å². The van der Waals surface area contributed by atoms with Gasteiger partial charge in [0.15, 0.2) is 0 Å². The van der Waals surface area contributed by atoms with Crippen LogP contribution in [0.5, 0.6) is 5.75 Å². The summed E-state index contributed by atoms with van der Waals surface area (Å²) >= 11 is 6.06. The van der Waals surface area contributed by atoms with Crippen molar-refractivity contribution in [2.24, 2.45) is 0 Å². The molecule has 0 spiro atoms. The second-order valence-electron chi connectivity index (χ2n) is 5.65. The molecule has 0 aliphatic heterocycles. The molecule has 21 heavy (non-hydrogen) atoms. The van der Waals surface area contributed by atoms with Crippen molar-refractivity contribution in [1.29, 1.82) is 0 Å². The molecular formula is C14H21ClN2O3S. The molecule has 1 fully saturated rings. The third kappa shape index (κ3) is 3.51. The van der Waals surface area contributed by atoms with Gasteiger partial charge in [-0.25, -0.2) is 13.1 Å². The van der Waals surface area contributed by atoms with Crippen molar-refractivity contribution in [1.82, 2.24) is 10.0 Å². The first-order valence-corrected chi connectivity index (χ1v) is 8.72. The fourth-order valence-corrected chi connectivity index (χ4v) is 4.57. The maximum absolute atomic E-state index is 12.7. The number of sulfonamides is 1. The summed E-state index contributed by atoms with van der Waals surface area (Å²) in [5.41, 5.74) is 0.349. The number of halogens is 1. The van der Waals surface area contributed by atoms with Crippen LogP contribution in [0.2, 0.25) is 5.02 Å². The molecule has 2 N–H and O–H groups in total. The maximum Gasteiger partial charge on any atom is 0.244 e. The van der Waals surface area contributed by atoms with Crippen LogP contribution in [0.25, 0.3) is 0 Å². The normalized spacial score (nSPS) is 17.3. The first kappa shape index (κ1) is 16.5. The molecule has 1 saturated carbocycles. The summed E-state index contributed by atoms with van der Waals surface area (Å²) in [6, 6.07) is 3.14. The van der Waals surface area contributed by atoms with Crippen LogP contribution in [-0.2, 0) is 16.6 Å². The predicted octanol–water partition coefficient (Wildman–Crippen LogP) is 2.29. The molecule has 0 aromatic heterocycles. The summed E-state index contributed by atoms with van der Waals surface area (Å²) in [6.45, 7) is 2.39. The van der Waals surface area contributed by atoms with Gasteiger partial charge in [-0.05, 0) is 45.4 Å². The van der Waals surface area contributed by atoms with Gasteiger partial charge in [-0.3, -0.25) is 0 Å². The molecule has 1 aliphatic carbocycles. The lowest BCUT2D eigenvalue weighted by molar-refractivity contribution is 0.247. The average Bonchev–Trinajstić information content (AvgIpc) is 2.36. The van der Waals surface area contributed by atoms with Crippen LogP contribution >= 0.6 is 11.6 Å². The van der Waals surface area contributed by atoms with Crippen molar-refractivity contribution in [2.75, 3.05) is 14.2 Å². The highest BCUT2D eigenvalue weighted by atomic mass is 35.5. The zero-order chi connectivity index (χ0) is 15.7. The van der Waals surface area contributed by atoms with E-state index in [9.17, 15) is 8.42 Å². The van der Waals surface area contributed by atoms with Crippen molar-refractivity contribution in [2.45, 2.75) is 43.2 Å². The molecule has 7 heteroatoms. The number of rotatable bonds is 6. The Morgan fingerprint density at radius 1 is 1.38 bits per heavy atom. The van der Waals surface area contributed by atoms with Crippen LogP contribution in [0.4, 0.5) is 0 Å². The standard InChI is InChI=1S/C14H21ClN2O3S/c1-14(5-4-6-14)17-21(18,19)12-8-11(15)7-10(9-16-2)13(12)20-3/h7-8,16-17H,4-6,9H2,1-3H3. The Balaban J connectivity index is 2.46. The first-order valence-electron chi connectivity index (χ1n) is 6.86. The Labute approximate surface area is 131 Å². The van der Waals surface area contributed by atoms with Gasteiger partial charge in [-0.2, -0.15) is 0 Å². The van der Waals surface area contributed by atoms with Gasteiger partial charge in [-0.15, -0.1) is 0 Å². The summed E-state index contributed by atoms with van der Waals surface area (Å²) < 4.78 is 33.4. The van der Waals surface area contributed by atoms with Crippen molar-refractivity contribution in [3.05, 3.63) is 22.7 Å². The summed E-state index contributed by atoms with van der Waals surface area (Å²) in [4.78, 5) is 0.0934. The number of methoxy groups -OCH3 is 1. The summed E-state index contributed by atoms with van der Waals surface area (Å²) in [5, 5.41) is 3.36. The molecule has 118 valence electrons. The highest BCUT2D eigenvalue weighted by Gasteiger charge is 2.37. The number of hydrogen-bond acceptors (Lipinski definition) is 4. The highest BCUT2D eigenvalue weighted by Crippen LogP contribution is 2.36. The number of hydrogen-bond donors (Lipinski definition) is 2. The van der Waals surface area contributed by atoms with Crippen LogP contribution in [0, 0.1) is 0 Å². The van der Waals surface area contributed by atoms with Gasteiger partial charge in [0.2, 0.25) is 10.0 Å². The minimum atomic E-state index is -3.67. The number of nitrogens with one attached hydrogen (secondary N) is 2. The van der Waals surface area contributed by atoms with Gasteiger partial charge in [0, 0.05) is 22.7 Å². The van der Waals surface area contributed by atoms with E-state index in [4.69, 9.17) is 16.3 Å². The van der Waals surface area contributed by atoms with E-state index >= 15 is 0 Å². The Morgan fingerprint density at radius 3 is 2.52 bits per heavy atom. The summed E-state index contributed by atoms with van der Waals surface area (Å²) in [5.74, 6) is 0.337. The fraction of sp³-hybridized carbons (Fsp3) is 0.571. The smallest absolute Gasteiger partial charge is 0.244 e. The Kier molecular flexibility index (Phi) is 4.82. The Hall–Kier alpha value is -0.820. The lowest BCUT2D eigenvalue weighted by Gasteiger charge is -2.38. The molecule has 0 bridgehead atoms. The quantitative estimate of drug-likeness (QED) is 0.838. The van der Waals surface area contributed by atoms with Crippen molar-refractivity contribution in [3.63, 3.8) is 0 Å². The third-order valence-corrected chi connectivity index (χ3v) is 5.66. The van der Waals surface area contributed by atoms with Crippen molar-refractivity contribution < 1.29 is 13.2 Å². The lowest BCUT2D eigenvalue weighted by Crippen LogP contribution is -2.50. The van der Waals surface area contributed by atoms with Crippen molar-refractivity contribution >= 4 is 21.6 Å². The second kappa shape index (κ2) is 6.12. The van der Waals surface area contributed by atoms with Gasteiger partial charge in [0.25, 0.3) is 0 Å². The lowest BCUT2D eigenvalue weighted by atomic mass is 9.80. The highest BCUT2D eigenvalue weighted by molar-refractivity contribution is 7.89. The monoisotopic (exact) mass is 332 g/mol. The van der Waals surface area contributed by atoms with Gasteiger partial charge < -0.3 is 10.1 Å². The molecule has 0 heterocycles. The Bertz CT molecular complexity index is 627. The topological polar surface area (TPSA) is 67.4 Å². The zero-order valence-electron chi connectivity index (χ0n) is 12.5. The molecule has 0 atom stereocenters. The SMILES string of the molecule is CNCc1cc(Cl)cc(S(=O)(=O)NC2(C)CCC2)c1OC. The van der Waals surface area contributed by atoms with E-state index in [0.29, 0.717) is 22.9 Å². The number of benzene rings is 1. The fourth-order valence-electron chi connectivity index (χ4n) is 2.56. The van der Waals surface area contributed by atoms with E-state index in [1.807, 2.05) is 6.92 Å². The van der Waals surface area contributed by atoms with Crippen LogP contribution < -0.4 is 14.8 Å². The minimum absolute atomic E-state index is 0.0934. The molecule has 1 aromatic rings. The van der Waals surface area contributed by atoms with E-state index in [0.717, 1.165) is 19.3 Å². The third-order valence-electron chi connectivity index (χ3n) is 3.80. The first-order chi connectivity index (χ1) is 9.81. The van der Waals surface area contributed by atoms with Crippen LogP contribution in [0.15, 0.2) is 17.0 Å². The Morgan fingerprint density at radius 2 is 2.05 bits per heavy atom.